The van der Waals surface area contributed by atoms with Gasteiger partial charge in [-0.2, -0.15) is 4.98 Å². The van der Waals surface area contributed by atoms with Crippen LogP contribution in [0.2, 0.25) is 5.02 Å². The van der Waals surface area contributed by atoms with Gasteiger partial charge >= 0.3 is 0 Å². The van der Waals surface area contributed by atoms with E-state index in [1.54, 1.807) is 12.4 Å². The Labute approximate surface area is 200 Å². The summed E-state index contributed by atoms with van der Waals surface area (Å²) >= 11 is 5.91. The third-order valence-corrected chi connectivity index (χ3v) is 7.47. The summed E-state index contributed by atoms with van der Waals surface area (Å²) in [4.78, 5) is 14.8. The predicted molar refractivity (Wildman–Crippen MR) is 120 cm³/mol. The number of nitrogens with zero attached hydrogens (tertiary/aromatic N) is 5. The van der Waals surface area contributed by atoms with E-state index >= 15 is 0 Å². The molecule has 2 saturated heterocycles. The Balaban J connectivity index is 1.25. The van der Waals surface area contributed by atoms with Crippen molar-refractivity contribution >= 4 is 27.4 Å². The van der Waals surface area contributed by atoms with Gasteiger partial charge in [0.2, 0.25) is 11.8 Å². The molecule has 2 bridgehead atoms. The van der Waals surface area contributed by atoms with E-state index in [1.165, 1.54) is 12.1 Å². The third kappa shape index (κ3) is 4.50. The third-order valence-electron chi connectivity index (χ3n) is 6.14. The van der Waals surface area contributed by atoms with E-state index in [0.717, 1.165) is 38.0 Å². The number of sulfone groups is 1. The first-order chi connectivity index (χ1) is 16.2. The van der Waals surface area contributed by atoms with Crippen LogP contribution in [0.4, 0.5) is 10.3 Å². The zero-order chi connectivity index (χ0) is 24.0. The fourth-order valence-electron chi connectivity index (χ4n) is 4.68. The Morgan fingerprint density at radius 2 is 1.91 bits per heavy atom. The lowest BCUT2D eigenvalue weighted by molar-refractivity contribution is -0.0433. The van der Waals surface area contributed by atoms with Gasteiger partial charge in [-0.1, -0.05) is 16.8 Å². The molecule has 0 saturated carbocycles. The van der Waals surface area contributed by atoms with E-state index < -0.39 is 26.8 Å². The highest BCUT2D eigenvalue weighted by Gasteiger charge is 2.43. The van der Waals surface area contributed by atoms with Gasteiger partial charge in [0.1, 0.15) is 10.7 Å². The molecule has 3 unspecified atom stereocenters. The van der Waals surface area contributed by atoms with E-state index in [0.29, 0.717) is 11.0 Å². The number of halogens is 2. The summed E-state index contributed by atoms with van der Waals surface area (Å²) in [7, 11) is -3.68. The predicted octanol–water partition coefficient (Wildman–Crippen LogP) is 2.90. The van der Waals surface area contributed by atoms with Crippen LogP contribution in [-0.2, 0) is 14.6 Å². The first-order valence-electron chi connectivity index (χ1n) is 10.7. The van der Waals surface area contributed by atoms with Gasteiger partial charge in [-0.25, -0.2) is 22.8 Å². The van der Waals surface area contributed by atoms with Crippen molar-refractivity contribution in [1.29, 1.82) is 0 Å². The van der Waals surface area contributed by atoms with Crippen molar-refractivity contribution in [2.24, 2.45) is 5.73 Å². The molecule has 1 aromatic carbocycles. The molecule has 13 heteroatoms. The maximum Gasteiger partial charge on any atom is 0.270 e. The minimum absolute atomic E-state index is 0.0541. The van der Waals surface area contributed by atoms with Crippen molar-refractivity contribution in [3.05, 3.63) is 47.3 Å². The quantitative estimate of drug-likeness (QED) is 0.494. The van der Waals surface area contributed by atoms with Crippen LogP contribution in [0.3, 0.4) is 0 Å². The Kier molecular flexibility index (Phi) is 6.00. The molecule has 0 amide bonds. The molecule has 2 N–H and O–H groups in total. The SMILES string of the molecule is CS(=O)(=O)c1ccc(-c2noc(C(N)OC3CC4CCC(C3)N4c3ncc(Cl)cn3)n2)cc1F. The fraction of sp³-hybridized carbons (Fsp3) is 0.429. The second-order valence-corrected chi connectivity index (χ2v) is 10.9. The maximum absolute atomic E-state index is 14.2. The van der Waals surface area contributed by atoms with Gasteiger partial charge < -0.3 is 14.2 Å². The Bertz CT molecular complexity index is 1290. The second kappa shape index (κ2) is 8.84. The van der Waals surface area contributed by atoms with Crippen LogP contribution >= 0.6 is 11.6 Å². The molecule has 3 atom stereocenters. The molecule has 180 valence electrons. The van der Waals surface area contributed by atoms with Crippen LogP contribution in [0.5, 0.6) is 0 Å². The van der Waals surface area contributed by atoms with Crippen molar-refractivity contribution < 1.29 is 22.1 Å². The summed E-state index contributed by atoms with van der Waals surface area (Å²) in [5.74, 6) is -0.0877. The molecule has 3 aromatic rings. The summed E-state index contributed by atoms with van der Waals surface area (Å²) in [6.07, 6.45) is 6.56. The van der Waals surface area contributed by atoms with Gasteiger partial charge in [-0.05, 0) is 43.9 Å². The average Bonchev–Trinajstić information content (AvgIpc) is 3.37. The van der Waals surface area contributed by atoms with Gasteiger partial charge in [-0.3, -0.25) is 5.73 Å². The molecule has 10 nitrogen and oxygen atoms in total. The van der Waals surface area contributed by atoms with Crippen LogP contribution in [-0.4, -0.2) is 53.0 Å². The first-order valence-corrected chi connectivity index (χ1v) is 13.0. The van der Waals surface area contributed by atoms with Gasteiger partial charge in [0, 0.05) is 23.9 Å². The van der Waals surface area contributed by atoms with E-state index in [1.807, 2.05) is 0 Å². The molecule has 34 heavy (non-hydrogen) atoms. The highest BCUT2D eigenvalue weighted by atomic mass is 35.5. The molecule has 0 spiro atoms. The Morgan fingerprint density at radius 1 is 1.24 bits per heavy atom. The largest absolute Gasteiger partial charge is 0.351 e. The molecule has 2 aliphatic heterocycles. The van der Waals surface area contributed by atoms with Crippen molar-refractivity contribution in [3.63, 3.8) is 0 Å². The van der Waals surface area contributed by atoms with Crippen LogP contribution in [0.25, 0.3) is 11.4 Å². The van der Waals surface area contributed by atoms with E-state index in [2.05, 4.69) is 25.0 Å². The normalized spacial score (nSPS) is 23.3. The summed E-state index contributed by atoms with van der Waals surface area (Å²) < 4.78 is 48.7. The minimum atomic E-state index is -3.68. The molecular formula is C21H22ClFN6O4S. The molecule has 4 heterocycles. The summed E-state index contributed by atoms with van der Waals surface area (Å²) in [5.41, 5.74) is 6.44. The number of hydrogen-bond donors (Lipinski definition) is 1. The average molecular weight is 509 g/mol. The smallest absolute Gasteiger partial charge is 0.270 e. The number of benzene rings is 1. The number of aromatic nitrogens is 4. The molecule has 5 rings (SSSR count). The molecule has 2 aliphatic rings. The Morgan fingerprint density at radius 3 is 2.53 bits per heavy atom. The van der Waals surface area contributed by atoms with Gasteiger partial charge in [-0.15, -0.1) is 0 Å². The van der Waals surface area contributed by atoms with Gasteiger partial charge in [0.05, 0.1) is 23.5 Å². The summed E-state index contributed by atoms with van der Waals surface area (Å²) in [6, 6.07) is 4.08. The van der Waals surface area contributed by atoms with Gasteiger partial charge in [0.15, 0.2) is 16.1 Å². The number of fused-ring (bicyclic) bond motifs is 2. The minimum Gasteiger partial charge on any atom is -0.351 e. The zero-order valence-corrected chi connectivity index (χ0v) is 19.7. The van der Waals surface area contributed by atoms with Crippen molar-refractivity contribution in [2.75, 3.05) is 11.2 Å². The number of anilines is 1. The van der Waals surface area contributed by atoms with Crippen LogP contribution < -0.4 is 10.6 Å². The van der Waals surface area contributed by atoms with Crippen molar-refractivity contribution in [2.45, 2.75) is 55.0 Å². The van der Waals surface area contributed by atoms with Crippen LogP contribution in [0.15, 0.2) is 40.0 Å². The van der Waals surface area contributed by atoms with Crippen LogP contribution in [0.1, 0.15) is 37.8 Å². The van der Waals surface area contributed by atoms with Crippen LogP contribution in [0, 0.1) is 5.82 Å². The lowest BCUT2D eigenvalue weighted by Crippen LogP contribution is -2.47. The molecular weight excluding hydrogens is 487 g/mol. The molecule has 2 aromatic heterocycles. The maximum atomic E-state index is 14.2. The highest BCUT2D eigenvalue weighted by Crippen LogP contribution is 2.39. The fourth-order valence-corrected chi connectivity index (χ4v) is 5.50. The van der Waals surface area contributed by atoms with E-state index in [9.17, 15) is 12.8 Å². The lowest BCUT2D eigenvalue weighted by atomic mass is 10.00. The Hall–Kier alpha value is -2.67. The standard InChI is InChI=1S/C21H22ClFN6O4S/c1-34(30,31)17-5-2-11(6-16(17)23)19-27-20(33-28-19)18(24)32-15-7-13-3-4-14(8-15)29(13)21-25-9-12(22)10-26-21/h2,5-6,9-10,13-15,18H,3-4,7-8,24H2,1H3. The second-order valence-electron chi connectivity index (χ2n) is 8.52. The van der Waals surface area contributed by atoms with E-state index in [4.69, 9.17) is 26.6 Å². The number of nitrogens with two attached hydrogens (primary N) is 1. The first kappa shape index (κ1) is 23.1. The monoisotopic (exact) mass is 508 g/mol. The molecule has 0 aliphatic carbocycles. The summed E-state index contributed by atoms with van der Waals surface area (Å²) in [6.45, 7) is 0. The molecule has 2 fully saturated rings. The lowest BCUT2D eigenvalue weighted by Gasteiger charge is -2.39. The number of piperidine rings is 1. The number of rotatable bonds is 6. The van der Waals surface area contributed by atoms with E-state index in [-0.39, 0.29) is 35.5 Å². The molecule has 0 radical (unpaired) electrons. The highest BCUT2D eigenvalue weighted by molar-refractivity contribution is 7.90. The van der Waals surface area contributed by atoms with Gasteiger partial charge in [0.25, 0.3) is 5.89 Å². The van der Waals surface area contributed by atoms with Crippen molar-refractivity contribution in [3.8, 4) is 11.4 Å². The number of hydrogen-bond acceptors (Lipinski definition) is 10. The summed E-state index contributed by atoms with van der Waals surface area (Å²) in [5, 5.41) is 4.33. The number of ether oxygens (including phenoxy) is 1. The topological polar surface area (TPSA) is 137 Å². The zero-order valence-electron chi connectivity index (χ0n) is 18.1. The van der Waals surface area contributed by atoms with Crippen molar-refractivity contribution in [1.82, 2.24) is 20.1 Å².